The summed E-state index contributed by atoms with van der Waals surface area (Å²) in [5.74, 6) is 0.0954. The van der Waals surface area contributed by atoms with Gasteiger partial charge in [-0.3, -0.25) is 4.79 Å². The second kappa shape index (κ2) is 5.49. The summed E-state index contributed by atoms with van der Waals surface area (Å²) in [5, 5.41) is 14.9. The molecule has 134 valence electrons. The second-order valence-corrected chi connectivity index (χ2v) is 7.16. The van der Waals surface area contributed by atoms with Gasteiger partial charge in [0.2, 0.25) is 0 Å². The van der Waals surface area contributed by atoms with E-state index < -0.39 is 5.91 Å². The molecule has 0 aliphatic heterocycles. The van der Waals surface area contributed by atoms with Gasteiger partial charge >= 0.3 is 0 Å². The van der Waals surface area contributed by atoms with Gasteiger partial charge in [0.15, 0.2) is 0 Å². The molecule has 1 fully saturated rings. The third-order valence-corrected chi connectivity index (χ3v) is 5.33. The van der Waals surface area contributed by atoms with Crippen LogP contribution in [0.4, 0.5) is 5.69 Å². The van der Waals surface area contributed by atoms with E-state index in [1.165, 1.54) is 0 Å². The number of rotatable bonds is 3. The van der Waals surface area contributed by atoms with Crippen molar-refractivity contribution < 1.29 is 9.90 Å². The fourth-order valence-corrected chi connectivity index (χ4v) is 3.80. The van der Waals surface area contributed by atoms with E-state index in [0.29, 0.717) is 28.4 Å². The number of nitrogens with zero attached hydrogens (tertiary/aromatic N) is 2. The maximum absolute atomic E-state index is 12.2. The standard InChI is InChI=1S/C20H22N4O2/c1-9-4-7-15(25)10(2)16(9)19-18(21)17(20(22)26)14-8-13(12-5-6-12)11(3)23-24(14)19/h4,7-8,12,25H,5-6,21H2,1-3H3,(H2,22,26). The van der Waals surface area contributed by atoms with Gasteiger partial charge < -0.3 is 16.6 Å². The summed E-state index contributed by atoms with van der Waals surface area (Å²) in [6.45, 7) is 5.74. The average molecular weight is 350 g/mol. The Labute approximate surface area is 151 Å². The van der Waals surface area contributed by atoms with Crippen molar-refractivity contribution in [3.05, 3.63) is 46.1 Å². The van der Waals surface area contributed by atoms with Crippen LogP contribution in [-0.4, -0.2) is 20.6 Å². The van der Waals surface area contributed by atoms with Crippen molar-refractivity contribution in [2.75, 3.05) is 5.73 Å². The molecule has 6 nitrogen and oxygen atoms in total. The number of hydrogen-bond acceptors (Lipinski definition) is 4. The van der Waals surface area contributed by atoms with E-state index in [0.717, 1.165) is 35.2 Å². The Bertz CT molecular complexity index is 1080. The summed E-state index contributed by atoms with van der Waals surface area (Å²) in [7, 11) is 0. The Kier molecular flexibility index (Phi) is 3.47. The van der Waals surface area contributed by atoms with Gasteiger partial charge in [-0.15, -0.1) is 0 Å². The molecule has 0 saturated heterocycles. The molecule has 1 aliphatic carbocycles. The fourth-order valence-electron chi connectivity index (χ4n) is 3.80. The first kappa shape index (κ1) is 16.4. The lowest BCUT2D eigenvalue weighted by molar-refractivity contribution is 0.100. The normalized spacial score (nSPS) is 14.1. The lowest BCUT2D eigenvalue weighted by Crippen LogP contribution is -2.12. The van der Waals surface area contributed by atoms with Crippen molar-refractivity contribution in [1.82, 2.24) is 9.61 Å². The van der Waals surface area contributed by atoms with Gasteiger partial charge in [0, 0.05) is 11.1 Å². The van der Waals surface area contributed by atoms with Crippen LogP contribution in [-0.2, 0) is 0 Å². The number of amides is 1. The van der Waals surface area contributed by atoms with E-state index >= 15 is 0 Å². The zero-order chi connectivity index (χ0) is 18.7. The number of aromatic nitrogens is 2. The first-order valence-corrected chi connectivity index (χ1v) is 8.72. The topological polar surface area (TPSA) is 107 Å². The van der Waals surface area contributed by atoms with Crippen LogP contribution in [0.3, 0.4) is 0 Å². The smallest absolute Gasteiger partial charge is 0.253 e. The van der Waals surface area contributed by atoms with Gasteiger partial charge in [-0.1, -0.05) is 6.07 Å². The summed E-state index contributed by atoms with van der Waals surface area (Å²) in [6, 6.07) is 5.47. The molecule has 26 heavy (non-hydrogen) atoms. The highest BCUT2D eigenvalue weighted by molar-refractivity contribution is 6.09. The number of primary amides is 1. The molecule has 0 unspecified atom stereocenters. The lowest BCUT2D eigenvalue weighted by Gasteiger charge is -2.13. The van der Waals surface area contributed by atoms with Crippen LogP contribution in [0.15, 0.2) is 18.2 Å². The average Bonchev–Trinajstić information content (AvgIpc) is 3.37. The van der Waals surface area contributed by atoms with Crippen LogP contribution >= 0.6 is 0 Å². The molecular formula is C20H22N4O2. The third kappa shape index (κ3) is 2.25. The van der Waals surface area contributed by atoms with Gasteiger partial charge in [0.25, 0.3) is 5.91 Å². The van der Waals surface area contributed by atoms with Gasteiger partial charge in [-0.05, 0) is 62.8 Å². The summed E-state index contributed by atoms with van der Waals surface area (Å²) < 4.78 is 1.70. The molecule has 4 rings (SSSR count). The molecule has 1 aliphatic rings. The maximum Gasteiger partial charge on any atom is 0.253 e. The number of phenols is 1. The van der Waals surface area contributed by atoms with E-state index in [1.54, 1.807) is 10.6 Å². The lowest BCUT2D eigenvalue weighted by atomic mass is 9.98. The predicted octanol–water partition coefficient (Wildman–Crippen LogP) is 3.19. The van der Waals surface area contributed by atoms with Gasteiger partial charge in [0.05, 0.1) is 28.2 Å². The molecule has 1 aromatic carbocycles. The largest absolute Gasteiger partial charge is 0.508 e. The molecule has 1 amide bonds. The monoisotopic (exact) mass is 350 g/mol. The zero-order valence-corrected chi connectivity index (χ0v) is 15.1. The first-order chi connectivity index (χ1) is 12.3. The Morgan fingerprint density at radius 1 is 1.27 bits per heavy atom. The first-order valence-electron chi connectivity index (χ1n) is 8.72. The molecule has 0 spiro atoms. The molecule has 6 heteroatoms. The van der Waals surface area contributed by atoms with Crippen LogP contribution in [0.2, 0.25) is 0 Å². The highest BCUT2D eigenvalue weighted by Crippen LogP contribution is 2.44. The highest BCUT2D eigenvalue weighted by atomic mass is 16.3. The van der Waals surface area contributed by atoms with Crippen LogP contribution in [0.25, 0.3) is 16.8 Å². The van der Waals surface area contributed by atoms with Crippen molar-refractivity contribution in [2.24, 2.45) is 5.73 Å². The SMILES string of the molecule is Cc1ccc(O)c(C)c1-c1c(N)c(C(N)=O)c2cc(C3CC3)c(C)nn12. The predicted molar refractivity (Wildman–Crippen MR) is 101 cm³/mol. The Morgan fingerprint density at radius 2 is 1.96 bits per heavy atom. The molecule has 3 aromatic rings. The zero-order valence-electron chi connectivity index (χ0n) is 15.1. The highest BCUT2D eigenvalue weighted by Gasteiger charge is 2.30. The second-order valence-electron chi connectivity index (χ2n) is 7.16. The number of benzene rings is 1. The van der Waals surface area contributed by atoms with Crippen molar-refractivity contribution in [1.29, 1.82) is 0 Å². The van der Waals surface area contributed by atoms with Crippen LogP contribution in [0.1, 0.15) is 51.5 Å². The maximum atomic E-state index is 12.2. The molecule has 1 saturated carbocycles. The van der Waals surface area contributed by atoms with E-state index in [-0.39, 0.29) is 11.3 Å². The number of phenolic OH excluding ortho intramolecular Hbond substituents is 1. The Balaban J connectivity index is 2.14. The Hall–Kier alpha value is -3.02. The van der Waals surface area contributed by atoms with Crippen molar-refractivity contribution in [3.8, 4) is 17.0 Å². The van der Waals surface area contributed by atoms with Gasteiger partial charge in [-0.25, -0.2) is 4.52 Å². The van der Waals surface area contributed by atoms with Crippen molar-refractivity contribution in [2.45, 2.75) is 39.5 Å². The number of nitrogens with two attached hydrogens (primary N) is 2. The molecule has 2 aromatic heterocycles. The van der Waals surface area contributed by atoms with Crippen LogP contribution in [0, 0.1) is 20.8 Å². The number of aromatic hydroxyl groups is 1. The van der Waals surface area contributed by atoms with E-state index in [2.05, 4.69) is 0 Å². The number of aryl methyl sites for hydroxylation is 2. The molecule has 5 N–H and O–H groups in total. The number of anilines is 1. The third-order valence-electron chi connectivity index (χ3n) is 5.33. The van der Waals surface area contributed by atoms with Crippen LogP contribution < -0.4 is 11.5 Å². The van der Waals surface area contributed by atoms with Gasteiger partial charge in [0.1, 0.15) is 5.75 Å². The van der Waals surface area contributed by atoms with Crippen molar-refractivity contribution in [3.63, 3.8) is 0 Å². The van der Waals surface area contributed by atoms with Crippen LogP contribution in [0.5, 0.6) is 5.75 Å². The number of hydrogen-bond donors (Lipinski definition) is 3. The summed E-state index contributed by atoms with van der Waals surface area (Å²) in [4.78, 5) is 12.2. The molecule has 0 radical (unpaired) electrons. The summed E-state index contributed by atoms with van der Waals surface area (Å²) in [6.07, 6.45) is 2.27. The molecule has 0 bridgehead atoms. The molecule has 2 heterocycles. The fraction of sp³-hybridized carbons (Fsp3) is 0.300. The number of carbonyl (C=O) groups is 1. The molecule has 0 atom stereocenters. The van der Waals surface area contributed by atoms with E-state index in [1.807, 2.05) is 32.9 Å². The van der Waals surface area contributed by atoms with Crippen molar-refractivity contribution >= 4 is 17.1 Å². The quantitative estimate of drug-likeness (QED) is 0.674. The number of carbonyl (C=O) groups excluding carboxylic acids is 1. The van der Waals surface area contributed by atoms with Gasteiger partial charge in [-0.2, -0.15) is 5.10 Å². The molecular weight excluding hydrogens is 328 g/mol. The number of fused-ring (bicyclic) bond motifs is 1. The minimum atomic E-state index is -0.575. The Morgan fingerprint density at radius 3 is 2.58 bits per heavy atom. The summed E-state index contributed by atoms with van der Waals surface area (Å²) in [5.41, 5.74) is 18.3. The summed E-state index contributed by atoms with van der Waals surface area (Å²) >= 11 is 0. The van der Waals surface area contributed by atoms with E-state index in [9.17, 15) is 9.90 Å². The minimum Gasteiger partial charge on any atom is -0.508 e. The van der Waals surface area contributed by atoms with E-state index in [4.69, 9.17) is 16.6 Å². The minimum absolute atomic E-state index is 0.173. The number of nitrogen functional groups attached to an aromatic ring is 1.